The minimum absolute atomic E-state index is 0.231. The molecule has 6 nitrogen and oxygen atoms in total. The monoisotopic (exact) mass is 354 g/mol. The molecular weight excluding hydrogens is 328 g/mol. The van der Waals surface area contributed by atoms with Gasteiger partial charge in [-0.25, -0.2) is 0 Å². The molecule has 3 heterocycles. The summed E-state index contributed by atoms with van der Waals surface area (Å²) in [5.74, 6) is 1.81. The van der Waals surface area contributed by atoms with Gasteiger partial charge in [0, 0.05) is 33.2 Å². The molecule has 1 N–H and O–H groups in total. The Morgan fingerprint density at radius 1 is 1.19 bits per heavy atom. The van der Waals surface area contributed by atoms with E-state index in [2.05, 4.69) is 50.4 Å². The molecule has 4 rings (SSSR count). The minimum Gasteiger partial charge on any atom is -0.467 e. The zero-order valence-corrected chi connectivity index (χ0v) is 15.2. The SMILES string of the molecule is CN=C(NCc1ccco1)N1CC2OCCN(Cc3ccccc3)C2C1. The zero-order valence-electron chi connectivity index (χ0n) is 15.2. The fourth-order valence-corrected chi connectivity index (χ4v) is 3.86. The standard InChI is InChI=1S/C20H26N4O2/c1-21-20(22-12-17-8-5-10-25-17)24-14-18-19(15-24)26-11-9-23(18)13-16-6-3-2-4-7-16/h2-8,10,18-19H,9,11-15H2,1H3,(H,21,22). The predicted molar refractivity (Wildman–Crippen MR) is 101 cm³/mol. The molecule has 0 radical (unpaired) electrons. The third-order valence-corrected chi connectivity index (χ3v) is 5.16. The van der Waals surface area contributed by atoms with E-state index in [1.807, 2.05) is 19.2 Å². The average molecular weight is 354 g/mol. The summed E-state index contributed by atoms with van der Waals surface area (Å²) < 4.78 is 11.5. The number of aliphatic imine (C=N–C) groups is 1. The zero-order chi connectivity index (χ0) is 17.8. The Balaban J connectivity index is 1.39. The lowest BCUT2D eigenvalue weighted by Crippen LogP contribution is -2.50. The van der Waals surface area contributed by atoms with Gasteiger partial charge in [0.2, 0.25) is 0 Å². The number of nitrogens with one attached hydrogen (secondary N) is 1. The first-order valence-corrected chi connectivity index (χ1v) is 9.21. The molecule has 2 unspecified atom stereocenters. The van der Waals surface area contributed by atoms with E-state index in [0.29, 0.717) is 12.6 Å². The summed E-state index contributed by atoms with van der Waals surface area (Å²) in [6, 6.07) is 14.9. The van der Waals surface area contributed by atoms with Crippen LogP contribution >= 0.6 is 0 Å². The number of nitrogens with zero attached hydrogens (tertiary/aromatic N) is 3. The van der Waals surface area contributed by atoms with Crippen LogP contribution in [0, 0.1) is 0 Å². The number of fused-ring (bicyclic) bond motifs is 1. The Morgan fingerprint density at radius 2 is 2.08 bits per heavy atom. The lowest BCUT2D eigenvalue weighted by molar-refractivity contribution is -0.0502. The number of hydrogen-bond acceptors (Lipinski definition) is 4. The van der Waals surface area contributed by atoms with Crippen LogP contribution in [0.4, 0.5) is 0 Å². The van der Waals surface area contributed by atoms with E-state index >= 15 is 0 Å². The molecule has 1 aromatic carbocycles. The lowest BCUT2D eigenvalue weighted by atomic mass is 10.1. The maximum Gasteiger partial charge on any atom is 0.194 e. The van der Waals surface area contributed by atoms with Gasteiger partial charge in [-0.1, -0.05) is 30.3 Å². The fourth-order valence-electron chi connectivity index (χ4n) is 3.86. The number of morpholine rings is 1. The summed E-state index contributed by atoms with van der Waals surface area (Å²) in [5, 5.41) is 3.40. The van der Waals surface area contributed by atoms with Gasteiger partial charge in [0.05, 0.1) is 31.6 Å². The molecule has 0 bridgehead atoms. The van der Waals surface area contributed by atoms with Crippen LogP contribution in [0.15, 0.2) is 58.1 Å². The molecule has 2 aliphatic rings. The molecule has 0 spiro atoms. The number of guanidine groups is 1. The van der Waals surface area contributed by atoms with Crippen molar-refractivity contribution in [3.8, 4) is 0 Å². The third kappa shape index (κ3) is 3.76. The van der Waals surface area contributed by atoms with E-state index in [1.54, 1.807) is 6.26 Å². The van der Waals surface area contributed by atoms with Crippen LogP contribution in [0.25, 0.3) is 0 Å². The van der Waals surface area contributed by atoms with Gasteiger partial charge in [-0.3, -0.25) is 9.89 Å². The minimum atomic E-state index is 0.231. The molecule has 2 aromatic rings. The Morgan fingerprint density at radius 3 is 2.85 bits per heavy atom. The summed E-state index contributed by atoms with van der Waals surface area (Å²) in [5.41, 5.74) is 1.35. The van der Waals surface area contributed by atoms with E-state index < -0.39 is 0 Å². The molecule has 2 atom stereocenters. The first-order valence-electron chi connectivity index (χ1n) is 9.21. The van der Waals surface area contributed by atoms with E-state index in [-0.39, 0.29) is 6.10 Å². The maximum atomic E-state index is 6.06. The van der Waals surface area contributed by atoms with Crippen LogP contribution in [-0.4, -0.2) is 61.2 Å². The van der Waals surface area contributed by atoms with Gasteiger partial charge < -0.3 is 19.4 Å². The van der Waals surface area contributed by atoms with Gasteiger partial charge in [-0.2, -0.15) is 0 Å². The second-order valence-electron chi connectivity index (χ2n) is 6.82. The van der Waals surface area contributed by atoms with Crippen LogP contribution in [0.2, 0.25) is 0 Å². The molecule has 138 valence electrons. The van der Waals surface area contributed by atoms with Gasteiger partial charge in [-0.15, -0.1) is 0 Å². The number of hydrogen-bond donors (Lipinski definition) is 1. The van der Waals surface area contributed by atoms with Gasteiger partial charge in [-0.05, 0) is 17.7 Å². The summed E-state index contributed by atoms with van der Waals surface area (Å²) in [6.45, 7) is 5.17. The molecule has 2 aliphatic heterocycles. The largest absolute Gasteiger partial charge is 0.467 e. The van der Waals surface area contributed by atoms with Crippen molar-refractivity contribution >= 4 is 5.96 Å². The van der Waals surface area contributed by atoms with Crippen molar-refractivity contribution in [2.24, 2.45) is 4.99 Å². The number of benzene rings is 1. The summed E-state index contributed by atoms with van der Waals surface area (Å²) >= 11 is 0. The van der Waals surface area contributed by atoms with Crippen LogP contribution in [0.1, 0.15) is 11.3 Å². The van der Waals surface area contributed by atoms with Gasteiger partial charge in [0.1, 0.15) is 5.76 Å². The number of furan rings is 1. The van der Waals surface area contributed by atoms with Crippen molar-refractivity contribution in [1.82, 2.24) is 15.1 Å². The van der Waals surface area contributed by atoms with Gasteiger partial charge in [0.15, 0.2) is 5.96 Å². The highest BCUT2D eigenvalue weighted by Gasteiger charge is 2.41. The van der Waals surface area contributed by atoms with Crippen LogP contribution in [-0.2, 0) is 17.8 Å². The second-order valence-corrected chi connectivity index (χ2v) is 6.82. The molecule has 0 saturated carbocycles. The fraction of sp³-hybridized carbons (Fsp3) is 0.450. The Bertz CT molecular complexity index is 717. The summed E-state index contributed by atoms with van der Waals surface area (Å²) in [6.07, 6.45) is 1.93. The Labute approximate surface area is 154 Å². The van der Waals surface area contributed by atoms with Crippen LogP contribution < -0.4 is 5.32 Å². The Kier molecular flexibility index (Phi) is 5.22. The molecule has 2 saturated heterocycles. The molecule has 0 amide bonds. The van der Waals surface area contributed by atoms with Crippen LogP contribution in [0.5, 0.6) is 0 Å². The van der Waals surface area contributed by atoms with Gasteiger partial charge in [0.25, 0.3) is 0 Å². The quantitative estimate of drug-likeness (QED) is 0.672. The van der Waals surface area contributed by atoms with E-state index in [9.17, 15) is 0 Å². The van der Waals surface area contributed by atoms with Crippen molar-refractivity contribution in [2.45, 2.75) is 25.2 Å². The smallest absolute Gasteiger partial charge is 0.194 e. The van der Waals surface area contributed by atoms with E-state index in [4.69, 9.17) is 9.15 Å². The maximum absolute atomic E-state index is 6.06. The first-order chi connectivity index (χ1) is 12.8. The molecule has 2 fully saturated rings. The Hall–Kier alpha value is -2.31. The number of ether oxygens (including phenoxy) is 1. The summed E-state index contributed by atoms with van der Waals surface area (Å²) in [7, 11) is 1.83. The molecular formula is C20H26N4O2. The molecule has 0 aliphatic carbocycles. The topological polar surface area (TPSA) is 53.2 Å². The van der Waals surface area contributed by atoms with E-state index in [1.165, 1.54) is 5.56 Å². The number of likely N-dealkylation sites (tertiary alicyclic amines) is 1. The lowest BCUT2D eigenvalue weighted by Gasteiger charge is -2.36. The van der Waals surface area contributed by atoms with Gasteiger partial charge >= 0.3 is 0 Å². The second kappa shape index (κ2) is 7.93. The van der Waals surface area contributed by atoms with Crippen LogP contribution in [0.3, 0.4) is 0 Å². The van der Waals surface area contributed by atoms with Crippen molar-refractivity contribution in [3.05, 3.63) is 60.1 Å². The van der Waals surface area contributed by atoms with Crippen molar-refractivity contribution in [1.29, 1.82) is 0 Å². The average Bonchev–Trinajstić information content (AvgIpc) is 3.33. The van der Waals surface area contributed by atoms with Crippen molar-refractivity contribution < 1.29 is 9.15 Å². The molecule has 26 heavy (non-hydrogen) atoms. The predicted octanol–water partition coefficient (Wildman–Crippen LogP) is 1.94. The molecule has 1 aromatic heterocycles. The highest BCUT2D eigenvalue weighted by molar-refractivity contribution is 5.80. The third-order valence-electron chi connectivity index (χ3n) is 5.16. The highest BCUT2D eigenvalue weighted by Crippen LogP contribution is 2.24. The summed E-state index contributed by atoms with van der Waals surface area (Å²) in [4.78, 5) is 9.29. The number of rotatable bonds is 4. The van der Waals surface area contributed by atoms with Crippen molar-refractivity contribution in [2.75, 3.05) is 33.3 Å². The molecule has 6 heteroatoms. The normalized spacial score (nSPS) is 23.9. The van der Waals surface area contributed by atoms with Crippen molar-refractivity contribution in [3.63, 3.8) is 0 Å². The first kappa shape index (κ1) is 17.1. The highest BCUT2D eigenvalue weighted by atomic mass is 16.5. The van der Waals surface area contributed by atoms with E-state index in [0.717, 1.165) is 44.5 Å².